The van der Waals surface area contributed by atoms with Gasteiger partial charge in [-0.3, -0.25) is 0 Å². The summed E-state index contributed by atoms with van der Waals surface area (Å²) in [7, 11) is 0. The Morgan fingerprint density at radius 3 is 1.81 bits per heavy atom. The Hall–Kier alpha value is -2.94. The first-order valence-corrected chi connectivity index (χ1v) is 6.56. The molecule has 0 aromatic heterocycles. The fraction of sp³-hybridized carbons (Fsp3) is 0. The summed E-state index contributed by atoms with van der Waals surface area (Å²) in [4.78, 5) is 0. The first-order chi connectivity index (χ1) is 10.1. The van der Waals surface area contributed by atoms with Gasteiger partial charge in [0.25, 0.3) is 0 Å². The smallest absolute Gasteiger partial charge is 0.127 e. The number of rotatable bonds is 2. The van der Waals surface area contributed by atoms with Gasteiger partial charge in [-0.2, -0.15) is 0 Å². The molecule has 0 fully saturated rings. The number of hydrogen-bond donors (Lipinski definition) is 3. The Bertz CT molecular complexity index is 777. The molecule has 0 aliphatic heterocycles. The lowest BCUT2D eigenvalue weighted by Gasteiger charge is -2.12. The van der Waals surface area contributed by atoms with Crippen LogP contribution in [0.3, 0.4) is 0 Å². The molecule has 0 saturated carbocycles. The van der Waals surface area contributed by atoms with Crippen LogP contribution in [0, 0.1) is 0 Å². The van der Waals surface area contributed by atoms with E-state index >= 15 is 0 Å². The van der Waals surface area contributed by atoms with Gasteiger partial charge in [-0.15, -0.1) is 0 Å². The van der Waals surface area contributed by atoms with Crippen molar-refractivity contribution in [1.82, 2.24) is 0 Å². The van der Waals surface area contributed by atoms with Crippen molar-refractivity contribution in [2.45, 2.75) is 0 Å². The Morgan fingerprint density at radius 1 is 0.524 bits per heavy atom. The van der Waals surface area contributed by atoms with Crippen molar-refractivity contribution < 1.29 is 15.3 Å². The van der Waals surface area contributed by atoms with Gasteiger partial charge in [0.15, 0.2) is 0 Å². The van der Waals surface area contributed by atoms with E-state index in [1.165, 1.54) is 6.07 Å². The molecule has 0 saturated heterocycles. The molecule has 0 unspecified atom stereocenters. The second kappa shape index (κ2) is 5.21. The molecule has 3 N–H and O–H groups in total. The Kier molecular flexibility index (Phi) is 3.24. The fourth-order valence-corrected chi connectivity index (χ4v) is 2.36. The highest BCUT2D eigenvalue weighted by molar-refractivity contribution is 5.86. The molecule has 3 heteroatoms. The molecular weight excluding hydrogens is 264 g/mol. The van der Waals surface area contributed by atoms with Gasteiger partial charge in [-0.1, -0.05) is 36.4 Å². The quantitative estimate of drug-likeness (QED) is 0.660. The number of hydrogen-bond acceptors (Lipinski definition) is 3. The van der Waals surface area contributed by atoms with Gasteiger partial charge in [-0.05, 0) is 41.0 Å². The van der Waals surface area contributed by atoms with Crippen LogP contribution >= 0.6 is 0 Å². The molecule has 0 spiro atoms. The molecule has 104 valence electrons. The summed E-state index contributed by atoms with van der Waals surface area (Å²) in [6.45, 7) is 0. The molecule has 0 heterocycles. The van der Waals surface area contributed by atoms with Crippen molar-refractivity contribution in [2.75, 3.05) is 0 Å². The van der Waals surface area contributed by atoms with Gasteiger partial charge in [0, 0.05) is 11.6 Å². The highest BCUT2D eigenvalue weighted by Gasteiger charge is 2.11. The highest BCUT2D eigenvalue weighted by atomic mass is 16.3. The summed E-state index contributed by atoms with van der Waals surface area (Å²) >= 11 is 0. The lowest BCUT2D eigenvalue weighted by Crippen LogP contribution is -1.85. The molecule has 0 atom stereocenters. The summed E-state index contributed by atoms with van der Waals surface area (Å²) in [5, 5.41) is 28.9. The van der Waals surface area contributed by atoms with Crippen LogP contribution in [0.1, 0.15) is 0 Å². The summed E-state index contributed by atoms with van der Waals surface area (Å²) in [6, 6.07) is 19.1. The molecule has 21 heavy (non-hydrogen) atoms. The van der Waals surface area contributed by atoms with E-state index in [1.807, 2.05) is 36.4 Å². The van der Waals surface area contributed by atoms with Gasteiger partial charge in [-0.25, -0.2) is 0 Å². The molecule has 0 radical (unpaired) electrons. The van der Waals surface area contributed by atoms with Crippen molar-refractivity contribution in [2.24, 2.45) is 0 Å². The Balaban J connectivity index is 2.18. The second-order valence-electron chi connectivity index (χ2n) is 4.79. The SMILES string of the molecule is Oc1ccc(-c2ccccc2-c2ccc(O)cc2O)cc1. The summed E-state index contributed by atoms with van der Waals surface area (Å²) in [5.74, 6) is 0.267. The van der Waals surface area contributed by atoms with Crippen LogP contribution in [0.5, 0.6) is 17.2 Å². The predicted molar refractivity (Wildman–Crippen MR) is 82.3 cm³/mol. The van der Waals surface area contributed by atoms with Crippen molar-refractivity contribution in [3.05, 3.63) is 66.7 Å². The van der Waals surface area contributed by atoms with Crippen molar-refractivity contribution >= 4 is 0 Å². The molecule has 3 nitrogen and oxygen atoms in total. The first kappa shape index (κ1) is 13.1. The third-order valence-electron chi connectivity index (χ3n) is 3.38. The summed E-state index contributed by atoms with van der Waals surface area (Å²) in [6.07, 6.45) is 0. The third kappa shape index (κ3) is 2.54. The van der Waals surface area contributed by atoms with E-state index in [1.54, 1.807) is 24.3 Å². The third-order valence-corrected chi connectivity index (χ3v) is 3.38. The van der Waals surface area contributed by atoms with E-state index in [0.717, 1.165) is 16.7 Å². The van der Waals surface area contributed by atoms with E-state index < -0.39 is 0 Å². The lowest BCUT2D eigenvalue weighted by atomic mass is 9.94. The molecule has 0 bridgehead atoms. The Morgan fingerprint density at radius 2 is 1.14 bits per heavy atom. The van der Waals surface area contributed by atoms with Gasteiger partial charge < -0.3 is 15.3 Å². The number of aromatic hydroxyl groups is 3. The van der Waals surface area contributed by atoms with E-state index in [2.05, 4.69) is 0 Å². The highest BCUT2D eigenvalue weighted by Crippen LogP contribution is 2.38. The van der Waals surface area contributed by atoms with Crippen molar-refractivity contribution in [3.63, 3.8) is 0 Å². The maximum Gasteiger partial charge on any atom is 0.127 e. The Labute approximate surface area is 122 Å². The van der Waals surface area contributed by atoms with Crippen LogP contribution in [0.4, 0.5) is 0 Å². The van der Waals surface area contributed by atoms with E-state index in [-0.39, 0.29) is 17.2 Å². The number of phenolic OH excluding ortho intramolecular Hbond substituents is 3. The standard InChI is InChI=1S/C18H14O3/c19-13-7-5-12(6-8-13)15-3-1-2-4-16(15)17-10-9-14(20)11-18(17)21/h1-11,19-21H. The lowest BCUT2D eigenvalue weighted by molar-refractivity contribution is 0.452. The molecule has 3 aromatic rings. The molecule has 0 amide bonds. The van der Waals surface area contributed by atoms with Crippen LogP contribution in [0.15, 0.2) is 66.7 Å². The minimum Gasteiger partial charge on any atom is -0.508 e. The van der Waals surface area contributed by atoms with Gasteiger partial charge >= 0.3 is 0 Å². The zero-order chi connectivity index (χ0) is 14.8. The molecule has 3 rings (SSSR count). The number of phenols is 3. The maximum absolute atomic E-state index is 10.1. The largest absolute Gasteiger partial charge is 0.508 e. The average molecular weight is 278 g/mol. The van der Waals surface area contributed by atoms with Crippen LogP contribution in [0.25, 0.3) is 22.3 Å². The van der Waals surface area contributed by atoms with Crippen LogP contribution in [0.2, 0.25) is 0 Å². The van der Waals surface area contributed by atoms with E-state index in [0.29, 0.717) is 5.56 Å². The number of benzene rings is 3. The fourth-order valence-electron chi connectivity index (χ4n) is 2.36. The normalized spacial score (nSPS) is 10.5. The average Bonchev–Trinajstić information content (AvgIpc) is 2.48. The van der Waals surface area contributed by atoms with Gasteiger partial charge in [0.05, 0.1) is 0 Å². The molecule has 0 aliphatic rings. The zero-order valence-corrected chi connectivity index (χ0v) is 11.2. The van der Waals surface area contributed by atoms with Gasteiger partial charge in [0.1, 0.15) is 17.2 Å². The van der Waals surface area contributed by atoms with E-state index in [4.69, 9.17) is 0 Å². The molecule has 3 aromatic carbocycles. The van der Waals surface area contributed by atoms with Crippen molar-refractivity contribution in [1.29, 1.82) is 0 Å². The topological polar surface area (TPSA) is 60.7 Å². The van der Waals surface area contributed by atoms with Gasteiger partial charge in [0.2, 0.25) is 0 Å². The molecular formula is C18H14O3. The maximum atomic E-state index is 10.1. The zero-order valence-electron chi connectivity index (χ0n) is 11.2. The van der Waals surface area contributed by atoms with Crippen molar-refractivity contribution in [3.8, 4) is 39.5 Å². The molecule has 0 aliphatic carbocycles. The van der Waals surface area contributed by atoms with Crippen LogP contribution in [-0.2, 0) is 0 Å². The van der Waals surface area contributed by atoms with Crippen LogP contribution < -0.4 is 0 Å². The van der Waals surface area contributed by atoms with E-state index in [9.17, 15) is 15.3 Å². The minimum absolute atomic E-state index is 0.0263. The van der Waals surface area contributed by atoms with Crippen LogP contribution in [-0.4, -0.2) is 15.3 Å². The summed E-state index contributed by atoms with van der Waals surface area (Å²) in [5.41, 5.74) is 3.39. The first-order valence-electron chi connectivity index (χ1n) is 6.56. The monoisotopic (exact) mass is 278 g/mol. The second-order valence-corrected chi connectivity index (χ2v) is 4.79. The predicted octanol–water partition coefficient (Wildman–Crippen LogP) is 4.14. The summed E-state index contributed by atoms with van der Waals surface area (Å²) < 4.78 is 0. The minimum atomic E-state index is 0.0263.